The molecule has 0 aromatic carbocycles. The Hall–Kier alpha value is -0.420. The van der Waals surface area contributed by atoms with Crippen LogP contribution in [0.4, 0.5) is 0 Å². The van der Waals surface area contributed by atoms with Crippen LogP contribution in [0.25, 0.3) is 0 Å². The third-order valence-corrected chi connectivity index (χ3v) is 5.88. The summed E-state index contributed by atoms with van der Waals surface area (Å²) < 4.78 is 22.9. The zero-order chi connectivity index (χ0) is 13.9. The molecule has 3 unspecified atom stereocenters. The summed E-state index contributed by atoms with van der Waals surface area (Å²) in [5.41, 5.74) is 0.100. The molecule has 2 aliphatic rings. The van der Waals surface area contributed by atoms with Gasteiger partial charge in [-0.25, -0.2) is 0 Å². The standard InChI is InChI=1S/C14H24O4S/c1-11(13(15)17-2)9-19(16)10-12-5-8-14(18-12)6-3-4-7-14/h11-12H,3-10H2,1-2H3. The maximum Gasteiger partial charge on any atom is 0.309 e. The predicted octanol–water partition coefficient (Wildman–Crippen LogP) is 2.04. The van der Waals surface area contributed by atoms with Gasteiger partial charge in [-0.3, -0.25) is 9.00 Å². The largest absolute Gasteiger partial charge is 0.469 e. The van der Waals surface area contributed by atoms with E-state index in [4.69, 9.17) is 4.74 Å². The van der Waals surface area contributed by atoms with E-state index in [2.05, 4.69) is 4.74 Å². The minimum Gasteiger partial charge on any atom is -0.469 e. The summed E-state index contributed by atoms with van der Waals surface area (Å²) in [5, 5.41) is 0. The van der Waals surface area contributed by atoms with Crippen molar-refractivity contribution in [2.45, 2.75) is 57.2 Å². The van der Waals surface area contributed by atoms with Crippen molar-refractivity contribution in [2.24, 2.45) is 5.92 Å². The summed E-state index contributed by atoms with van der Waals surface area (Å²) in [6.45, 7) is 1.76. The van der Waals surface area contributed by atoms with Gasteiger partial charge in [0, 0.05) is 22.3 Å². The van der Waals surface area contributed by atoms with Crippen molar-refractivity contribution in [3.63, 3.8) is 0 Å². The minimum absolute atomic E-state index is 0.100. The van der Waals surface area contributed by atoms with E-state index in [0.29, 0.717) is 11.5 Å². The molecular formula is C14H24O4S. The molecule has 4 nitrogen and oxygen atoms in total. The van der Waals surface area contributed by atoms with E-state index < -0.39 is 10.8 Å². The number of hydrogen-bond acceptors (Lipinski definition) is 4. The summed E-state index contributed by atoms with van der Waals surface area (Å²) in [7, 11) is 0.362. The molecule has 110 valence electrons. The lowest BCUT2D eigenvalue weighted by Gasteiger charge is -2.23. The number of rotatable bonds is 5. The highest BCUT2D eigenvalue weighted by Crippen LogP contribution is 2.43. The third kappa shape index (κ3) is 3.78. The van der Waals surface area contributed by atoms with Gasteiger partial charge in [-0.15, -0.1) is 0 Å². The second kappa shape index (κ2) is 6.35. The summed E-state index contributed by atoms with van der Waals surface area (Å²) in [4.78, 5) is 11.3. The van der Waals surface area contributed by atoms with Crippen LogP contribution < -0.4 is 0 Å². The van der Waals surface area contributed by atoms with E-state index in [0.717, 1.165) is 25.7 Å². The van der Waals surface area contributed by atoms with Crippen molar-refractivity contribution >= 4 is 16.8 Å². The van der Waals surface area contributed by atoms with Crippen LogP contribution >= 0.6 is 0 Å². The van der Waals surface area contributed by atoms with Gasteiger partial charge in [0.2, 0.25) is 0 Å². The van der Waals surface area contributed by atoms with Gasteiger partial charge < -0.3 is 9.47 Å². The van der Waals surface area contributed by atoms with Gasteiger partial charge in [0.25, 0.3) is 0 Å². The fourth-order valence-corrected chi connectivity index (χ4v) is 4.70. The molecule has 0 N–H and O–H groups in total. The molecule has 1 spiro atoms. The first-order valence-electron chi connectivity index (χ1n) is 7.15. The average Bonchev–Trinajstić information content (AvgIpc) is 2.99. The first kappa shape index (κ1) is 15.0. The molecule has 0 bridgehead atoms. The molecule has 2 fully saturated rings. The highest BCUT2D eigenvalue weighted by molar-refractivity contribution is 7.85. The van der Waals surface area contributed by atoms with E-state index in [1.807, 2.05) is 0 Å². The van der Waals surface area contributed by atoms with Crippen LogP contribution in [0.1, 0.15) is 45.4 Å². The maximum absolute atomic E-state index is 12.1. The Morgan fingerprint density at radius 1 is 1.42 bits per heavy atom. The summed E-state index contributed by atoms with van der Waals surface area (Å²) in [6, 6.07) is 0. The SMILES string of the molecule is COC(=O)C(C)CS(=O)CC1CCC2(CCCC2)O1. The molecule has 1 saturated heterocycles. The van der Waals surface area contributed by atoms with E-state index in [-0.39, 0.29) is 23.6 Å². The Kier molecular flexibility index (Phi) is 5.01. The van der Waals surface area contributed by atoms with E-state index >= 15 is 0 Å². The van der Waals surface area contributed by atoms with Gasteiger partial charge in [0.15, 0.2) is 0 Å². The molecule has 5 heteroatoms. The fourth-order valence-electron chi connectivity index (χ4n) is 3.22. The zero-order valence-electron chi connectivity index (χ0n) is 11.9. The van der Waals surface area contributed by atoms with Crippen LogP contribution in [-0.4, -0.2) is 40.5 Å². The van der Waals surface area contributed by atoms with Crippen LogP contribution in [0.5, 0.6) is 0 Å². The Bertz CT molecular complexity index is 349. The van der Waals surface area contributed by atoms with Crippen LogP contribution in [-0.2, 0) is 25.1 Å². The van der Waals surface area contributed by atoms with Crippen LogP contribution in [0.15, 0.2) is 0 Å². The Labute approximate surface area is 117 Å². The molecule has 1 saturated carbocycles. The Balaban J connectivity index is 1.76. The summed E-state index contributed by atoms with van der Waals surface area (Å²) >= 11 is 0. The Morgan fingerprint density at radius 2 is 2.11 bits per heavy atom. The third-order valence-electron chi connectivity index (χ3n) is 4.26. The lowest BCUT2D eigenvalue weighted by molar-refractivity contribution is -0.144. The number of carbonyl (C=O) groups is 1. The number of methoxy groups -OCH3 is 1. The molecule has 0 aromatic rings. The molecule has 1 aliphatic carbocycles. The van der Waals surface area contributed by atoms with Crippen LogP contribution in [0.2, 0.25) is 0 Å². The number of carbonyl (C=O) groups excluding carboxylic acids is 1. The molecule has 1 aliphatic heterocycles. The smallest absolute Gasteiger partial charge is 0.309 e. The molecular weight excluding hydrogens is 264 g/mol. The molecule has 0 aromatic heterocycles. The second-order valence-corrected chi connectivity index (χ2v) is 7.41. The van der Waals surface area contributed by atoms with Crippen molar-refractivity contribution in [1.29, 1.82) is 0 Å². The lowest BCUT2D eigenvalue weighted by atomic mass is 9.98. The maximum atomic E-state index is 12.1. The summed E-state index contributed by atoms with van der Waals surface area (Å²) in [5.74, 6) is 0.350. The summed E-state index contributed by atoms with van der Waals surface area (Å²) in [6.07, 6.45) is 7.08. The lowest BCUT2D eigenvalue weighted by Crippen LogP contribution is -2.29. The van der Waals surface area contributed by atoms with Crippen LogP contribution in [0.3, 0.4) is 0 Å². The number of hydrogen-bond donors (Lipinski definition) is 0. The molecule has 0 radical (unpaired) electrons. The fraction of sp³-hybridized carbons (Fsp3) is 0.929. The van der Waals surface area contributed by atoms with E-state index in [1.54, 1.807) is 6.92 Å². The van der Waals surface area contributed by atoms with E-state index in [1.165, 1.54) is 20.0 Å². The molecule has 1 heterocycles. The van der Waals surface area contributed by atoms with Crippen molar-refractivity contribution in [1.82, 2.24) is 0 Å². The van der Waals surface area contributed by atoms with Gasteiger partial charge in [-0.2, -0.15) is 0 Å². The normalized spacial score (nSPS) is 28.4. The highest BCUT2D eigenvalue weighted by Gasteiger charge is 2.42. The topological polar surface area (TPSA) is 52.6 Å². The first-order chi connectivity index (χ1) is 9.04. The van der Waals surface area contributed by atoms with Gasteiger partial charge in [-0.05, 0) is 25.7 Å². The van der Waals surface area contributed by atoms with Gasteiger partial charge in [0.05, 0.1) is 24.7 Å². The monoisotopic (exact) mass is 288 g/mol. The Morgan fingerprint density at radius 3 is 2.74 bits per heavy atom. The van der Waals surface area contributed by atoms with Gasteiger partial charge in [-0.1, -0.05) is 19.8 Å². The van der Waals surface area contributed by atoms with Crippen molar-refractivity contribution in [2.75, 3.05) is 18.6 Å². The second-order valence-electron chi connectivity index (χ2n) is 5.87. The first-order valence-corrected chi connectivity index (χ1v) is 8.64. The van der Waals surface area contributed by atoms with Crippen molar-refractivity contribution in [3.05, 3.63) is 0 Å². The van der Waals surface area contributed by atoms with Crippen molar-refractivity contribution in [3.8, 4) is 0 Å². The van der Waals surface area contributed by atoms with Crippen LogP contribution in [0, 0.1) is 5.92 Å². The average molecular weight is 288 g/mol. The van der Waals surface area contributed by atoms with Gasteiger partial charge >= 0.3 is 5.97 Å². The molecule has 0 amide bonds. The van der Waals surface area contributed by atoms with Crippen molar-refractivity contribution < 1.29 is 18.5 Å². The number of esters is 1. The quantitative estimate of drug-likeness (QED) is 0.726. The predicted molar refractivity (Wildman–Crippen MR) is 74.4 cm³/mol. The molecule has 19 heavy (non-hydrogen) atoms. The highest BCUT2D eigenvalue weighted by atomic mass is 32.2. The molecule has 2 rings (SSSR count). The zero-order valence-corrected chi connectivity index (χ0v) is 12.7. The minimum atomic E-state index is -1.00. The van der Waals surface area contributed by atoms with E-state index in [9.17, 15) is 9.00 Å². The number of ether oxygens (including phenoxy) is 2. The molecule has 3 atom stereocenters. The van der Waals surface area contributed by atoms with Gasteiger partial charge in [0.1, 0.15) is 0 Å².